The van der Waals surface area contributed by atoms with E-state index in [-0.39, 0.29) is 71.9 Å². The van der Waals surface area contributed by atoms with Gasteiger partial charge in [0.1, 0.15) is 35.7 Å². The first-order chi connectivity index (χ1) is 30.9. The Morgan fingerprint density at radius 1 is 0.875 bits per heavy atom. The lowest BCUT2D eigenvalue weighted by atomic mass is 10.0. The Morgan fingerprint density at radius 2 is 1.64 bits per heavy atom. The van der Waals surface area contributed by atoms with Crippen molar-refractivity contribution in [3.8, 4) is 17.2 Å². The van der Waals surface area contributed by atoms with Crippen LogP contribution in [-0.4, -0.2) is 146 Å². The van der Waals surface area contributed by atoms with Crippen molar-refractivity contribution in [3.63, 3.8) is 0 Å². The molecular weight excluding hydrogens is 846 g/mol. The Morgan fingerprint density at radius 3 is 2.38 bits per heavy atom. The number of aromatic hydroxyl groups is 1. The van der Waals surface area contributed by atoms with Crippen molar-refractivity contribution in [1.82, 2.24) is 20.0 Å². The van der Waals surface area contributed by atoms with Crippen LogP contribution in [0.1, 0.15) is 81.7 Å². The Bertz CT molecular complexity index is 2290. The van der Waals surface area contributed by atoms with Crippen molar-refractivity contribution in [2.45, 2.75) is 58.2 Å². The number of anilines is 1. The average molecular weight is 900 g/mol. The molecule has 0 aliphatic carbocycles. The molecule has 7 rings (SSSR count). The van der Waals surface area contributed by atoms with Gasteiger partial charge in [0.05, 0.1) is 55.8 Å². The third-order valence-corrected chi connectivity index (χ3v) is 12.3. The Balaban J connectivity index is 0.800. The number of Topliss-reactive ketones (excluding diaryl/α,β-unsaturated/α-hetero) is 1. The van der Waals surface area contributed by atoms with Crippen molar-refractivity contribution < 1.29 is 52.8 Å². The molecule has 0 saturated carbocycles. The zero-order chi connectivity index (χ0) is 45.3. The number of phenolic OH excluding ortho intramolecular Hbond substituents is 1. The lowest BCUT2D eigenvalue weighted by molar-refractivity contribution is -0.136. The van der Waals surface area contributed by atoms with E-state index in [4.69, 9.17) is 30.5 Å². The highest BCUT2D eigenvalue weighted by Gasteiger charge is 2.46. The van der Waals surface area contributed by atoms with Crippen molar-refractivity contribution in [3.05, 3.63) is 87.4 Å². The second kappa shape index (κ2) is 21.4. The van der Waals surface area contributed by atoms with Crippen LogP contribution in [0.25, 0.3) is 6.08 Å². The summed E-state index contributed by atoms with van der Waals surface area (Å²) in [6, 6.07) is 12.4. The summed E-state index contributed by atoms with van der Waals surface area (Å²) in [4.78, 5) is 83.4. The number of phenols is 1. The van der Waals surface area contributed by atoms with Gasteiger partial charge in [-0.15, -0.1) is 0 Å². The van der Waals surface area contributed by atoms with Gasteiger partial charge in [0.25, 0.3) is 11.8 Å². The van der Waals surface area contributed by atoms with Gasteiger partial charge in [0.2, 0.25) is 11.8 Å². The van der Waals surface area contributed by atoms with Gasteiger partial charge in [-0.25, -0.2) is 0 Å². The number of allylic oxidation sites excluding steroid dienone is 1. The number of likely N-dealkylation sites (tertiary alicyclic amines) is 1. The second-order valence-corrected chi connectivity index (χ2v) is 16.5. The molecule has 1 unspecified atom stereocenters. The molecule has 4 aliphatic rings. The van der Waals surface area contributed by atoms with E-state index in [1.54, 1.807) is 31.2 Å². The van der Waals surface area contributed by atoms with Gasteiger partial charge in [0, 0.05) is 68.0 Å². The number of piperazine rings is 1. The van der Waals surface area contributed by atoms with Crippen LogP contribution >= 0.6 is 11.6 Å². The summed E-state index contributed by atoms with van der Waals surface area (Å²) in [5.41, 5.74) is 2.79. The Labute approximate surface area is 377 Å². The summed E-state index contributed by atoms with van der Waals surface area (Å²) in [7, 11) is 0. The topological polar surface area (TPSA) is 185 Å². The summed E-state index contributed by atoms with van der Waals surface area (Å²) in [5.74, 6) is -2.04. The van der Waals surface area contributed by atoms with E-state index in [0.717, 1.165) is 68.3 Å². The maximum atomic E-state index is 13.4. The lowest BCUT2D eigenvalue weighted by Gasteiger charge is -2.36. The summed E-state index contributed by atoms with van der Waals surface area (Å²) < 4.78 is 23.1. The van der Waals surface area contributed by atoms with Crippen LogP contribution < -0.4 is 19.7 Å². The van der Waals surface area contributed by atoms with Crippen LogP contribution in [0.3, 0.4) is 0 Å². The first kappa shape index (κ1) is 46.3. The SMILES string of the molecule is CCOc1cc(O)c(C(=O)/C=C/c2ccc(N3CCN(CCOCCOCCOc4cccc5c4C(=O)N(C4CCC(=O)NC4=O)C5=O)CC3)cc2Cl)cc1CN1CCC[C@@H]1C(C)=O. The van der Waals surface area contributed by atoms with Crippen LogP contribution in [0.4, 0.5) is 5.69 Å². The third-order valence-electron chi connectivity index (χ3n) is 11.9. The molecule has 64 heavy (non-hydrogen) atoms. The van der Waals surface area contributed by atoms with Gasteiger partial charge in [-0.05, 0) is 87.7 Å². The number of nitrogens with one attached hydrogen (secondary N) is 1. The molecule has 340 valence electrons. The molecule has 4 aliphatic heterocycles. The second-order valence-electron chi connectivity index (χ2n) is 16.1. The first-order valence-electron chi connectivity index (χ1n) is 21.8. The maximum absolute atomic E-state index is 13.4. The maximum Gasteiger partial charge on any atom is 0.266 e. The van der Waals surface area contributed by atoms with Gasteiger partial charge in [-0.3, -0.25) is 48.8 Å². The number of amides is 4. The number of rotatable bonds is 20. The molecule has 16 nitrogen and oxygen atoms in total. The van der Waals surface area contributed by atoms with Crippen molar-refractivity contribution in [2.75, 3.05) is 83.8 Å². The minimum Gasteiger partial charge on any atom is -0.507 e. The standard InChI is InChI=1S/C47H54ClN5O11/c1-3-63-42-28-40(56)35(26-32(42)29-52-15-5-7-37(52)30(2)54)39(55)13-10-31-9-11-33(27-36(31)48)51-18-16-50(17-19-51)20-21-61-22-23-62-24-25-64-41-8-4-6-34-44(41)47(60)53(46(34)59)38-12-14-43(57)49-45(38)58/h4,6,8-11,13,26-28,37-38,56H,3,5,7,12,14-25,29H2,1-2H3,(H,49,57,58)/b13-10+/t37-,38?/m1/s1. The molecule has 0 aromatic heterocycles. The van der Waals surface area contributed by atoms with Gasteiger partial charge in [-0.1, -0.05) is 23.7 Å². The van der Waals surface area contributed by atoms with Gasteiger partial charge in [-0.2, -0.15) is 0 Å². The van der Waals surface area contributed by atoms with E-state index in [2.05, 4.69) is 20.0 Å². The Kier molecular flexibility index (Phi) is 15.5. The van der Waals surface area contributed by atoms with Crippen molar-refractivity contribution in [2.24, 2.45) is 0 Å². The number of carbonyl (C=O) groups is 6. The third kappa shape index (κ3) is 10.8. The van der Waals surface area contributed by atoms with Gasteiger partial charge >= 0.3 is 0 Å². The molecule has 0 spiro atoms. The highest BCUT2D eigenvalue weighted by molar-refractivity contribution is 6.32. The normalized spacial score (nSPS) is 19.4. The van der Waals surface area contributed by atoms with E-state index in [1.165, 1.54) is 18.2 Å². The fraction of sp³-hybridized carbons (Fsp3) is 0.447. The van der Waals surface area contributed by atoms with Crippen LogP contribution in [0.15, 0.2) is 54.6 Å². The number of ether oxygens (including phenoxy) is 4. The molecule has 2 N–H and O–H groups in total. The molecule has 3 saturated heterocycles. The molecular formula is C47H54ClN5O11. The number of piperidine rings is 1. The fourth-order valence-corrected chi connectivity index (χ4v) is 8.82. The Hall–Kier alpha value is -5.65. The summed E-state index contributed by atoms with van der Waals surface area (Å²) in [5, 5.41) is 13.5. The highest BCUT2D eigenvalue weighted by atomic mass is 35.5. The minimum atomic E-state index is -1.05. The van der Waals surface area contributed by atoms with E-state index >= 15 is 0 Å². The predicted octanol–water partition coefficient (Wildman–Crippen LogP) is 4.53. The lowest BCUT2D eigenvalue weighted by Crippen LogP contribution is -2.54. The number of hydrogen-bond donors (Lipinski definition) is 2. The first-order valence-corrected chi connectivity index (χ1v) is 22.2. The summed E-state index contributed by atoms with van der Waals surface area (Å²) in [6.07, 6.45) is 4.89. The number of fused-ring (bicyclic) bond motifs is 1. The fourth-order valence-electron chi connectivity index (χ4n) is 8.58. The van der Waals surface area contributed by atoms with Crippen LogP contribution in [-0.2, 0) is 30.4 Å². The van der Waals surface area contributed by atoms with E-state index in [9.17, 15) is 33.9 Å². The minimum absolute atomic E-state index is 0.0426. The van der Waals surface area contributed by atoms with Gasteiger partial charge in [0.15, 0.2) is 5.78 Å². The highest BCUT2D eigenvalue weighted by Crippen LogP contribution is 2.35. The number of ketones is 2. The quantitative estimate of drug-likeness (QED) is 0.0698. The molecule has 0 bridgehead atoms. The molecule has 0 radical (unpaired) electrons. The molecule has 17 heteroatoms. The average Bonchev–Trinajstić information content (AvgIpc) is 3.85. The number of nitrogens with zero attached hydrogens (tertiary/aromatic N) is 4. The van der Waals surface area contributed by atoms with Crippen molar-refractivity contribution in [1.29, 1.82) is 0 Å². The largest absolute Gasteiger partial charge is 0.507 e. The number of halogens is 1. The zero-order valence-electron chi connectivity index (χ0n) is 36.1. The molecule has 4 heterocycles. The summed E-state index contributed by atoms with van der Waals surface area (Å²) >= 11 is 6.71. The molecule has 3 aromatic carbocycles. The summed E-state index contributed by atoms with van der Waals surface area (Å²) in [6.45, 7) is 10.7. The number of imide groups is 2. The monoisotopic (exact) mass is 899 g/mol. The van der Waals surface area contributed by atoms with Crippen LogP contribution in [0.2, 0.25) is 5.02 Å². The van der Waals surface area contributed by atoms with E-state index < -0.39 is 29.7 Å². The van der Waals surface area contributed by atoms with Gasteiger partial charge < -0.3 is 29.0 Å². The van der Waals surface area contributed by atoms with E-state index in [0.29, 0.717) is 49.3 Å². The van der Waals surface area contributed by atoms with Crippen LogP contribution in [0, 0.1) is 0 Å². The number of benzene rings is 3. The van der Waals surface area contributed by atoms with Crippen molar-refractivity contribution >= 4 is 58.6 Å². The number of hydrogen-bond acceptors (Lipinski definition) is 14. The predicted molar refractivity (Wildman–Crippen MR) is 237 cm³/mol. The molecule has 3 aromatic rings. The number of carbonyl (C=O) groups excluding carboxylic acids is 6. The molecule has 3 fully saturated rings. The molecule has 2 atom stereocenters. The molecule has 4 amide bonds. The van der Waals surface area contributed by atoms with Crippen LogP contribution in [0.5, 0.6) is 17.2 Å². The zero-order valence-corrected chi connectivity index (χ0v) is 36.9. The smallest absolute Gasteiger partial charge is 0.266 e. The van der Waals surface area contributed by atoms with E-state index in [1.807, 2.05) is 25.1 Å².